The number of benzene rings is 1. The quantitative estimate of drug-likeness (QED) is 0.919. The fraction of sp³-hybridized carbons (Fsp3) is 0.375. The van der Waals surface area contributed by atoms with Crippen molar-refractivity contribution in [2.24, 2.45) is 13.0 Å². The van der Waals surface area contributed by atoms with E-state index in [4.69, 9.17) is 4.74 Å². The molecular formula is C16H21N3O2. The molecule has 0 bridgehead atoms. The Balaban J connectivity index is 2.16. The second-order valence-electron chi connectivity index (χ2n) is 5.37. The fourth-order valence-electron chi connectivity index (χ4n) is 2.21. The van der Waals surface area contributed by atoms with Crippen LogP contribution in [0.1, 0.15) is 35.8 Å². The van der Waals surface area contributed by atoms with Crippen LogP contribution in [0.4, 0.5) is 0 Å². The van der Waals surface area contributed by atoms with Crippen LogP contribution in [0.25, 0.3) is 0 Å². The van der Waals surface area contributed by atoms with Crippen LogP contribution < -0.4 is 10.1 Å². The number of amides is 1. The van der Waals surface area contributed by atoms with E-state index in [9.17, 15) is 4.79 Å². The number of ether oxygens (including phenoxy) is 1. The summed E-state index contributed by atoms with van der Waals surface area (Å²) >= 11 is 0. The topological polar surface area (TPSA) is 56.1 Å². The number of nitrogens with one attached hydrogen (secondary N) is 1. The van der Waals surface area contributed by atoms with Crippen LogP contribution in [0.3, 0.4) is 0 Å². The zero-order valence-corrected chi connectivity index (χ0v) is 12.8. The second kappa shape index (κ2) is 6.43. The SMILES string of the molecule is COc1ccc([C@H](NC(=O)c2cnn(C)c2)C(C)C)cc1. The largest absolute Gasteiger partial charge is 0.497 e. The van der Waals surface area contributed by atoms with Gasteiger partial charge in [-0.3, -0.25) is 9.48 Å². The van der Waals surface area contributed by atoms with Gasteiger partial charge in [0.05, 0.1) is 24.9 Å². The van der Waals surface area contributed by atoms with Crippen LogP contribution in [-0.2, 0) is 7.05 Å². The molecule has 1 N–H and O–H groups in total. The molecule has 21 heavy (non-hydrogen) atoms. The fourth-order valence-corrected chi connectivity index (χ4v) is 2.21. The summed E-state index contributed by atoms with van der Waals surface area (Å²) in [4.78, 5) is 12.3. The Kier molecular flexibility index (Phi) is 4.62. The molecule has 0 aliphatic heterocycles. The number of methoxy groups -OCH3 is 1. The summed E-state index contributed by atoms with van der Waals surface area (Å²) in [5.74, 6) is 0.969. The number of aromatic nitrogens is 2. The normalized spacial score (nSPS) is 12.2. The Morgan fingerprint density at radius 1 is 1.29 bits per heavy atom. The zero-order chi connectivity index (χ0) is 15.4. The minimum atomic E-state index is -0.113. The highest BCUT2D eigenvalue weighted by Gasteiger charge is 2.19. The van der Waals surface area contributed by atoms with E-state index in [2.05, 4.69) is 24.3 Å². The third-order valence-corrected chi connectivity index (χ3v) is 3.40. The van der Waals surface area contributed by atoms with Crippen molar-refractivity contribution in [1.82, 2.24) is 15.1 Å². The lowest BCUT2D eigenvalue weighted by molar-refractivity contribution is 0.0925. The van der Waals surface area contributed by atoms with Crippen molar-refractivity contribution < 1.29 is 9.53 Å². The Hall–Kier alpha value is -2.30. The predicted molar refractivity (Wildman–Crippen MR) is 81.2 cm³/mol. The van der Waals surface area contributed by atoms with Crippen molar-refractivity contribution in [3.05, 3.63) is 47.8 Å². The van der Waals surface area contributed by atoms with E-state index in [-0.39, 0.29) is 17.9 Å². The first-order chi connectivity index (χ1) is 10.0. The lowest BCUT2D eigenvalue weighted by Gasteiger charge is -2.23. The average Bonchev–Trinajstić information content (AvgIpc) is 2.91. The Labute approximate surface area is 124 Å². The number of carbonyl (C=O) groups excluding carboxylic acids is 1. The van der Waals surface area contributed by atoms with Gasteiger partial charge in [-0.05, 0) is 23.6 Å². The lowest BCUT2D eigenvalue weighted by atomic mass is 9.95. The summed E-state index contributed by atoms with van der Waals surface area (Å²) in [6, 6.07) is 7.71. The highest BCUT2D eigenvalue weighted by molar-refractivity contribution is 5.93. The molecule has 1 atom stereocenters. The number of rotatable bonds is 5. The summed E-state index contributed by atoms with van der Waals surface area (Å²) in [6.07, 6.45) is 3.28. The van der Waals surface area contributed by atoms with Gasteiger partial charge in [0.1, 0.15) is 5.75 Å². The molecular weight excluding hydrogens is 266 g/mol. The molecule has 1 heterocycles. The summed E-state index contributed by atoms with van der Waals surface area (Å²) in [6.45, 7) is 4.16. The van der Waals surface area contributed by atoms with E-state index < -0.39 is 0 Å². The molecule has 1 amide bonds. The highest BCUT2D eigenvalue weighted by Crippen LogP contribution is 2.24. The molecule has 5 heteroatoms. The number of carbonyl (C=O) groups is 1. The molecule has 1 aromatic carbocycles. The molecule has 5 nitrogen and oxygen atoms in total. The van der Waals surface area contributed by atoms with Crippen molar-refractivity contribution in [3.8, 4) is 5.75 Å². The number of aryl methyl sites for hydroxylation is 1. The zero-order valence-electron chi connectivity index (χ0n) is 12.8. The van der Waals surface area contributed by atoms with Crippen molar-refractivity contribution in [2.75, 3.05) is 7.11 Å². The first-order valence-corrected chi connectivity index (χ1v) is 6.94. The van der Waals surface area contributed by atoms with E-state index in [1.54, 1.807) is 31.2 Å². The maximum absolute atomic E-state index is 12.3. The molecule has 0 aliphatic carbocycles. The van der Waals surface area contributed by atoms with Crippen molar-refractivity contribution >= 4 is 5.91 Å². The van der Waals surface area contributed by atoms with Crippen molar-refractivity contribution in [1.29, 1.82) is 0 Å². The van der Waals surface area contributed by atoms with Crippen LogP contribution in [0, 0.1) is 5.92 Å². The van der Waals surface area contributed by atoms with Gasteiger partial charge in [0.2, 0.25) is 0 Å². The van der Waals surface area contributed by atoms with Crippen LogP contribution in [0.15, 0.2) is 36.7 Å². The molecule has 0 aliphatic rings. The van der Waals surface area contributed by atoms with Crippen molar-refractivity contribution in [2.45, 2.75) is 19.9 Å². The minimum absolute atomic E-state index is 0.0522. The molecule has 2 rings (SSSR count). The summed E-state index contributed by atoms with van der Waals surface area (Å²) in [5.41, 5.74) is 1.62. The van der Waals surface area contributed by atoms with Crippen LogP contribution in [0.2, 0.25) is 0 Å². The average molecular weight is 287 g/mol. The van der Waals surface area contributed by atoms with Crippen molar-refractivity contribution in [3.63, 3.8) is 0 Å². The smallest absolute Gasteiger partial charge is 0.254 e. The van der Waals surface area contributed by atoms with Gasteiger partial charge in [-0.25, -0.2) is 0 Å². The van der Waals surface area contributed by atoms with E-state index in [1.165, 1.54) is 0 Å². The van der Waals surface area contributed by atoms with Gasteiger partial charge >= 0.3 is 0 Å². The van der Waals surface area contributed by atoms with E-state index in [0.29, 0.717) is 5.56 Å². The Morgan fingerprint density at radius 3 is 2.43 bits per heavy atom. The summed E-state index contributed by atoms with van der Waals surface area (Å²) in [7, 11) is 3.43. The summed E-state index contributed by atoms with van der Waals surface area (Å²) in [5, 5.41) is 7.09. The molecule has 2 aromatic rings. The van der Waals surface area contributed by atoms with E-state index in [0.717, 1.165) is 11.3 Å². The van der Waals surface area contributed by atoms with Gasteiger partial charge in [-0.15, -0.1) is 0 Å². The molecule has 1 aromatic heterocycles. The third-order valence-electron chi connectivity index (χ3n) is 3.40. The minimum Gasteiger partial charge on any atom is -0.497 e. The molecule has 0 radical (unpaired) electrons. The predicted octanol–water partition coefficient (Wildman–Crippen LogP) is 2.56. The lowest BCUT2D eigenvalue weighted by Crippen LogP contribution is -2.31. The van der Waals surface area contributed by atoms with Crippen LogP contribution in [-0.4, -0.2) is 22.8 Å². The molecule has 0 saturated heterocycles. The maximum Gasteiger partial charge on any atom is 0.254 e. The van der Waals surface area contributed by atoms with Gasteiger partial charge < -0.3 is 10.1 Å². The standard InChI is InChI=1S/C16H21N3O2/c1-11(2)15(12-5-7-14(21-4)8-6-12)18-16(20)13-9-17-19(3)10-13/h5-11,15H,1-4H3,(H,18,20)/t15-/m1/s1. The van der Waals surface area contributed by atoms with Gasteiger partial charge in [-0.2, -0.15) is 5.10 Å². The maximum atomic E-state index is 12.3. The molecule has 0 fully saturated rings. The van der Waals surface area contributed by atoms with Crippen LogP contribution >= 0.6 is 0 Å². The van der Waals surface area contributed by atoms with Gasteiger partial charge in [0.15, 0.2) is 0 Å². The first-order valence-electron chi connectivity index (χ1n) is 6.94. The van der Waals surface area contributed by atoms with Gasteiger partial charge in [0, 0.05) is 13.2 Å². The molecule has 0 spiro atoms. The third kappa shape index (κ3) is 3.62. The van der Waals surface area contributed by atoms with E-state index >= 15 is 0 Å². The number of nitrogens with zero attached hydrogens (tertiary/aromatic N) is 2. The van der Waals surface area contributed by atoms with Crippen LogP contribution in [0.5, 0.6) is 5.75 Å². The highest BCUT2D eigenvalue weighted by atomic mass is 16.5. The molecule has 0 saturated carbocycles. The Morgan fingerprint density at radius 2 is 1.95 bits per heavy atom. The molecule has 0 unspecified atom stereocenters. The van der Waals surface area contributed by atoms with E-state index in [1.807, 2.05) is 24.3 Å². The van der Waals surface area contributed by atoms with Gasteiger partial charge in [0.25, 0.3) is 5.91 Å². The van der Waals surface area contributed by atoms with Gasteiger partial charge in [-0.1, -0.05) is 26.0 Å². The summed E-state index contributed by atoms with van der Waals surface area (Å²) < 4.78 is 6.78. The first kappa shape index (κ1) is 15.1. The number of hydrogen-bond acceptors (Lipinski definition) is 3. The Bertz CT molecular complexity index is 602. The molecule has 112 valence electrons. The monoisotopic (exact) mass is 287 g/mol. The second-order valence-corrected chi connectivity index (χ2v) is 5.37. The number of hydrogen-bond donors (Lipinski definition) is 1.